The van der Waals surface area contributed by atoms with Gasteiger partial charge in [0, 0.05) is 30.7 Å². The summed E-state index contributed by atoms with van der Waals surface area (Å²) in [5.41, 5.74) is -0.425. The number of hydrogen-bond donors (Lipinski definition) is 2. The molecule has 3 heterocycles. The van der Waals surface area contributed by atoms with Crippen molar-refractivity contribution in [2.24, 2.45) is 0 Å². The molecular weight excluding hydrogens is 571 g/mol. The predicted molar refractivity (Wildman–Crippen MR) is 128 cm³/mol. The molecule has 4 rings (SSSR count). The number of ether oxygens (including phenoxy) is 3. The van der Waals surface area contributed by atoms with Crippen molar-refractivity contribution in [3.8, 4) is 11.5 Å². The van der Waals surface area contributed by atoms with E-state index in [4.69, 9.17) is 14.2 Å². The van der Waals surface area contributed by atoms with Crippen LogP contribution in [0.15, 0.2) is 18.2 Å². The van der Waals surface area contributed by atoms with Gasteiger partial charge >= 0.3 is 6.18 Å². The monoisotopic (exact) mass is 596 g/mol. The molecule has 2 N–H and O–H groups in total. The van der Waals surface area contributed by atoms with Crippen molar-refractivity contribution in [1.82, 2.24) is 15.1 Å². The van der Waals surface area contributed by atoms with E-state index in [1.807, 2.05) is 0 Å². The fourth-order valence-electron chi connectivity index (χ4n) is 4.56. The van der Waals surface area contributed by atoms with Crippen molar-refractivity contribution in [1.29, 1.82) is 0 Å². The first-order valence-corrected chi connectivity index (χ1v) is 13.9. The Bertz CT molecular complexity index is 1400. The molecule has 11 nitrogen and oxygen atoms in total. The number of hydrogen-bond acceptors (Lipinski definition) is 8. The molecule has 2 aromatic rings. The molecule has 0 radical (unpaired) electrons. The van der Waals surface area contributed by atoms with Crippen molar-refractivity contribution in [3.63, 3.8) is 0 Å². The molecule has 1 aromatic carbocycles. The van der Waals surface area contributed by atoms with Gasteiger partial charge in [0.05, 0.1) is 31.0 Å². The molecule has 0 saturated heterocycles. The Hall–Kier alpha value is -3.47. The van der Waals surface area contributed by atoms with E-state index in [1.165, 1.54) is 22.9 Å². The fraction of sp³-hybridized carbons (Fsp3) is 0.522. The molecule has 0 aliphatic carbocycles. The van der Waals surface area contributed by atoms with E-state index in [9.17, 15) is 40.0 Å². The Morgan fingerprint density at radius 3 is 2.75 bits per heavy atom. The Kier molecular flexibility index (Phi) is 8.26. The van der Waals surface area contributed by atoms with Gasteiger partial charge in [-0.3, -0.25) is 9.59 Å². The molecule has 40 heavy (non-hydrogen) atoms. The number of halogens is 5. The predicted octanol–water partition coefficient (Wildman–Crippen LogP) is 2.05. The van der Waals surface area contributed by atoms with Crippen LogP contribution in [0.1, 0.15) is 28.0 Å². The van der Waals surface area contributed by atoms with Crippen molar-refractivity contribution in [2.45, 2.75) is 37.5 Å². The van der Waals surface area contributed by atoms with Gasteiger partial charge in [-0.1, -0.05) is 0 Å². The second-order valence-electron chi connectivity index (χ2n) is 9.35. The molecular formula is C23H25F5N4O7S. The number of nitrogens with one attached hydrogen (secondary N) is 2. The Morgan fingerprint density at radius 1 is 1.32 bits per heavy atom. The number of benzene rings is 1. The number of alkyl halides is 5. The van der Waals surface area contributed by atoms with Crippen molar-refractivity contribution in [2.75, 3.05) is 43.8 Å². The highest BCUT2D eigenvalue weighted by molar-refractivity contribution is 7.91. The molecule has 0 bridgehead atoms. The summed E-state index contributed by atoms with van der Waals surface area (Å²) in [6.45, 7) is -2.63. The number of aromatic nitrogens is 2. The Balaban J connectivity index is 1.65. The topological polar surface area (TPSA) is 138 Å². The summed E-state index contributed by atoms with van der Waals surface area (Å²) in [6.07, 6.45) is -6.04. The lowest BCUT2D eigenvalue weighted by Crippen LogP contribution is -2.53. The maximum absolute atomic E-state index is 13.4. The largest absolute Gasteiger partial charge is 0.493 e. The average molecular weight is 597 g/mol. The van der Waals surface area contributed by atoms with Gasteiger partial charge in [0.2, 0.25) is 5.91 Å². The van der Waals surface area contributed by atoms with Gasteiger partial charge in [0.25, 0.3) is 12.3 Å². The van der Waals surface area contributed by atoms with Crippen LogP contribution < -0.4 is 20.1 Å². The lowest BCUT2D eigenvalue weighted by molar-refractivity contribution is -0.153. The van der Waals surface area contributed by atoms with Crippen LogP contribution in [-0.2, 0) is 37.9 Å². The summed E-state index contributed by atoms with van der Waals surface area (Å²) < 4.78 is 102. The molecule has 1 spiro atoms. The van der Waals surface area contributed by atoms with Crippen LogP contribution >= 0.6 is 0 Å². The van der Waals surface area contributed by atoms with Gasteiger partial charge < -0.3 is 24.8 Å². The summed E-state index contributed by atoms with van der Waals surface area (Å²) in [5, 5.41) is 9.67. The van der Waals surface area contributed by atoms with Gasteiger partial charge in [0.1, 0.15) is 35.2 Å². The minimum absolute atomic E-state index is 0.0421. The number of amides is 2. The summed E-state index contributed by atoms with van der Waals surface area (Å²) in [6, 6.07) is 4.09. The van der Waals surface area contributed by atoms with Gasteiger partial charge in [-0.05, 0) is 12.1 Å². The maximum Gasteiger partial charge on any atom is 0.422 e. The second-order valence-corrected chi connectivity index (χ2v) is 11.5. The van der Waals surface area contributed by atoms with Crippen LogP contribution in [0.4, 0.5) is 27.8 Å². The van der Waals surface area contributed by atoms with Crippen LogP contribution in [0.3, 0.4) is 0 Å². The summed E-state index contributed by atoms with van der Waals surface area (Å²) >= 11 is 0. The molecule has 0 fully saturated rings. The number of sulfone groups is 1. The Labute approximate surface area is 224 Å². The quantitative estimate of drug-likeness (QED) is 0.314. The van der Waals surface area contributed by atoms with Crippen LogP contribution in [-0.4, -0.2) is 81.1 Å². The minimum atomic E-state index is -4.54. The first kappa shape index (κ1) is 29.5. The van der Waals surface area contributed by atoms with E-state index in [2.05, 4.69) is 15.7 Å². The highest BCUT2D eigenvalue weighted by Crippen LogP contribution is 2.44. The third-order valence-corrected chi connectivity index (χ3v) is 6.86. The molecule has 17 heteroatoms. The number of carbonyl (C=O) groups is 2. The van der Waals surface area contributed by atoms with E-state index >= 15 is 0 Å². The summed E-state index contributed by atoms with van der Waals surface area (Å²) in [4.78, 5) is 25.8. The highest BCUT2D eigenvalue weighted by Gasteiger charge is 2.46. The molecule has 2 aliphatic heterocycles. The number of fused-ring (bicyclic) bond motifs is 3. The van der Waals surface area contributed by atoms with Crippen LogP contribution in [0.25, 0.3) is 0 Å². The molecule has 0 saturated carbocycles. The van der Waals surface area contributed by atoms with Crippen LogP contribution in [0.2, 0.25) is 0 Å². The molecule has 1 atom stereocenters. The van der Waals surface area contributed by atoms with Gasteiger partial charge in [-0.2, -0.15) is 18.3 Å². The first-order valence-electron chi connectivity index (χ1n) is 11.9. The fourth-order valence-corrected chi connectivity index (χ4v) is 5.11. The smallest absolute Gasteiger partial charge is 0.422 e. The molecule has 1 aromatic heterocycles. The second kappa shape index (κ2) is 11.2. The van der Waals surface area contributed by atoms with E-state index in [-0.39, 0.29) is 61.2 Å². The maximum atomic E-state index is 13.4. The normalized spacial score (nSPS) is 18.6. The average Bonchev–Trinajstić information content (AvgIpc) is 3.15. The third kappa shape index (κ3) is 6.99. The SMILES string of the molecule is CS(=O)(=O)CC(=O)Nc1c2c(nn1CCOCC(F)F)C[C@]1(CCOc3cc(OCC(F)(F)F)ccc31)NC2=O. The zero-order valence-electron chi connectivity index (χ0n) is 21.0. The molecule has 2 aliphatic rings. The van der Waals surface area contributed by atoms with Gasteiger partial charge in [0.15, 0.2) is 16.4 Å². The number of rotatable bonds is 10. The van der Waals surface area contributed by atoms with Crippen LogP contribution in [0, 0.1) is 0 Å². The third-order valence-electron chi connectivity index (χ3n) is 6.07. The first-order chi connectivity index (χ1) is 18.7. The zero-order chi connectivity index (χ0) is 29.3. The summed E-state index contributed by atoms with van der Waals surface area (Å²) in [5.74, 6) is -2.48. The minimum Gasteiger partial charge on any atom is -0.493 e. The van der Waals surface area contributed by atoms with E-state index < -0.39 is 58.8 Å². The molecule has 2 amide bonds. The number of anilines is 1. The van der Waals surface area contributed by atoms with Gasteiger partial charge in [-0.25, -0.2) is 21.9 Å². The lowest BCUT2D eigenvalue weighted by atomic mass is 9.77. The van der Waals surface area contributed by atoms with Crippen LogP contribution in [0.5, 0.6) is 11.5 Å². The standard InChI is InChI=1S/C23H25F5N4O7S/c1-40(35,36)11-18(33)29-20-19-15(31-32(20)5-7-37-10-17(24)25)9-22(30-21(19)34)4-6-38-16-8-13(2-3-14(16)22)39-12-23(26,27)28/h2-3,8,17H,4-7,9-12H2,1H3,(H,29,33)(H,30,34)/t22-/m0/s1. The molecule has 0 unspecified atom stereocenters. The lowest BCUT2D eigenvalue weighted by Gasteiger charge is -2.41. The van der Waals surface area contributed by atoms with Crippen molar-refractivity contribution >= 4 is 27.5 Å². The Morgan fingerprint density at radius 2 is 2.08 bits per heavy atom. The van der Waals surface area contributed by atoms with E-state index in [0.717, 1.165) is 6.26 Å². The highest BCUT2D eigenvalue weighted by atomic mass is 32.2. The van der Waals surface area contributed by atoms with Crippen molar-refractivity contribution < 1.29 is 54.2 Å². The number of nitrogens with zero attached hydrogens (tertiary/aromatic N) is 2. The molecule has 220 valence electrons. The summed E-state index contributed by atoms with van der Waals surface area (Å²) in [7, 11) is -3.71. The zero-order valence-corrected chi connectivity index (χ0v) is 21.8. The van der Waals surface area contributed by atoms with E-state index in [1.54, 1.807) is 0 Å². The number of carbonyl (C=O) groups excluding carboxylic acids is 2. The van der Waals surface area contributed by atoms with Crippen molar-refractivity contribution in [3.05, 3.63) is 35.0 Å². The van der Waals surface area contributed by atoms with E-state index in [0.29, 0.717) is 5.56 Å². The van der Waals surface area contributed by atoms with Gasteiger partial charge in [-0.15, -0.1) is 0 Å².